The number of carbonyl (C=O) groups excluding carboxylic acids is 4. The second kappa shape index (κ2) is 33.0. The summed E-state index contributed by atoms with van der Waals surface area (Å²) in [4.78, 5) is 75.1. The number of halogens is 7. The topological polar surface area (TPSA) is 226 Å². The van der Waals surface area contributed by atoms with Gasteiger partial charge in [0.15, 0.2) is 28.8 Å². The summed E-state index contributed by atoms with van der Waals surface area (Å²) < 4.78 is 13.9. The molecule has 10 aromatic rings. The van der Waals surface area contributed by atoms with Crippen LogP contribution in [0.5, 0.6) is 0 Å². The number of ketones is 3. The summed E-state index contributed by atoms with van der Waals surface area (Å²) in [5, 5.41) is 20.3. The van der Waals surface area contributed by atoms with Gasteiger partial charge in [-0.05, 0) is 91.0 Å². The van der Waals surface area contributed by atoms with Crippen LogP contribution < -0.4 is 5.56 Å². The molecular weight excluding hydrogens is 1260 g/mol. The van der Waals surface area contributed by atoms with Crippen LogP contribution >= 0.6 is 115 Å². The van der Waals surface area contributed by atoms with E-state index in [1.807, 2.05) is 12.1 Å². The quantitative estimate of drug-likeness (QED) is 0.0181. The van der Waals surface area contributed by atoms with E-state index >= 15 is 0 Å². The number of hydrogen-bond acceptors (Lipinski definition) is 18. The van der Waals surface area contributed by atoms with Gasteiger partial charge in [-0.25, -0.2) is 19.9 Å². The van der Waals surface area contributed by atoms with Crippen LogP contribution in [0.4, 0.5) is 0 Å². The molecule has 26 heteroatoms. The average Bonchev–Trinajstić information content (AvgIpc) is 4.39. The minimum Gasteiger partial charge on any atom is -0.410 e. The molecule has 0 amide bonds. The standard InChI is InChI=1S/C20H14ClN3O3S.C15H10Cl2N2O2S.C9H7ClOS.C6H4Cl2N2O.C6H4ClNO/c21-18-8-7-17(28-18)16(25)6-5-14-11-15(23-27-14)13-4-9-19(22-12-13)24-10-2-1-3-20(24)26;16-14-5-1-9(8-18-14)11-7-10(21-19-11)2-3-12(20)13-4-6-15(17)22-13;1-2-3-4-7(11)8-5-6-9(10)12-8;7-5-2-1-4(3-9-5)6(8)10-11;7-6-2-1-5(4-9)3-8-6/h1-4,7-12H,5-6H2;1,4-8H,2-3H2;1,5-6H,3-4H2;1-3,11H;1-4H/b;;;10-6-;. The Morgan fingerprint density at radius 2 is 1.10 bits per heavy atom. The highest BCUT2D eigenvalue weighted by atomic mass is 35.5. The van der Waals surface area contributed by atoms with E-state index in [2.05, 4.69) is 41.3 Å². The number of nitrogens with zero attached hydrogens (tertiary/aromatic N) is 8. The first kappa shape index (κ1) is 64.0. The van der Waals surface area contributed by atoms with Crippen molar-refractivity contribution in [2.24, 2.45) is 5.16 Å². The molecule has 10 aromatic heterocycles. The molecule has 0 aliphatic carbocycles. The minimum atomic E-state index is -0.150. The Bertz CT molecular complexity index is 3840. The molecule has 418 valence electrons. The maximum absolute atomic E-state index is 12.2. The molecule has 0 saturated carbocycles. The maximum Gasteiger partial charge on any atom is 0.256 e. The van der Waals surface area contributed by atoms with Gasteiger partial charge in [-0.1, -0.05) is 103 Å². The van der Waals surface area contributed by atoms with Crippen molar-refractivity contribution >= 4 is 144 Å². The van der Waals surface area contributed by atoms with E-state index in [0.29, 0.717) is 121 Å². The number of pyridine rings is 5. The number of terminal acetylenes is 1. The third kappa shape index (κ3) is 20.7. The first-order chi connectivity index (χ1) is 39.5. The Balaban J connectivity index is 0.000000177. The fourth-order valence-electron chi connectivity index (χ4n) is 6.39. The first-order valence-corrected chi connectivity index (χ1v) is 28.6. The third-order valence-electron chi connectivity index (χ3n) is 10.4. The van der Waals surface area contributed by atoms with E-state index < -0.39 is 0 Å². The maximum atomic E-state index is 12.2. The summed E-state index contributed by atoms with van der Waals surface area (Å²) in [7, 11) is 0. The molecule has 10 heterocycles. The van der Waals surface area contributed by atoms with Crippen molar-refractivity contribution in [3.63, 3.8) is 0 Å². The van der Waals surface area contributed by atoms with E-state index in [1.54, 1.807) is 116 Å². The molecule has 1 N–H and O–H groups in total. The van der Waals surface area contributed by atoms with Crippen molar-refractivity contribution in [3.8, 4) is 40.7 Å². The van der Waals surface area contributed by atoms with Crippen molar-refractivity contribution in [1.29, 1.82) is 0 Å². The number of rotatable bonds is 16. The summed E-state index contributed by atoms with van der Waals surface area (Å²) in [6.07, 6.45) is 16.0. The summed E-state index contributed by atoms with van der Waals surface area (Å²) in [5.74, 6) is 4.37. The van der Waals surface area contributed by atoms with Crippen molar-refractivity contribution in [1.82, 2.24) is 34.8 Å². The zero-order chi connectivity index (χ0) is 59.0. The van der Waals surface area contributed by atoms with Gasteiger partial charge in [0, 0.05) is 110 Å². The summed E-state index contributed by atoms with van der Waals surface area (Å²) in [6, 6.07) is 32.3. The molecule has 16 nitrogen and oxygen atoms in total. The Hall–Kier alpha value is -7.19. The number of Topliss-reactive ketones (excluding diaryl/α,β-unsaturated/α-hetero) is 3. The lowest BCUT2D eigenvalue weighted by Crippen LogP contribution is -2.16. The fourth-order valence-corrected chi connectivity index (χ4v) is 9.87. The highest BCUT2D eigenvalue weighted by Crippen LogP contribution is 2.27. The van der Waals surface area contributed by atoms with E-state index in [9.17, 15) is 24.0 Å². The Kier molecular flexibility index (Phi) is 25.8. The molecule has 0 saturated heterocycles. The summed E-state index contributed by atoms with van der Waals surface area (Å²) >= 11 is 43.4. The molecule has 0 radical (unpaired) electrons. The smallest absolute Gasteiger partial charge is 0.256 e. The Labute approximate surface area is 514 Å². The number of thiophene rings is 3. The second-order valence-electron chi connectivity index (χ2n) is 16.1. The van der Waals surface area contributed by atoms with Gasteiger partial charge in [0.2, 0.25) is 0 Å². The van der Waals surface area contributed by atoms with Gasteiger partial charge in [0.25, 0.3) is 5.56 Å². The van der Waals surface area contributed by atoms with Gasteiger partial charge in [0.1, 0.15) is 44.2 Å². The van der Waals surface area contributed by atoms with Crippen LogP contribution in [0.1, 0.15) is 82.1 Å². The number of hydrogen-bond donors (Lipinski definition) is 1. The number of oxime groups is 1. The molecule has 82 heavy (non-hydrogen) atoms. The van der Waals surface area contributed by atoms with E-state index in [-0.39, 0.29) is 28.1 Å². The van der Waals surface area contributed by atoms with Crippen LogP contribution in [0.3, 0.4) is 0 Å². The van der Waals surface area contributed by atoms with Gasteiger partial charge in [-0.3, -0.25) is 28.5 Å². The molecule has 0 aliphatic heterocycles. The highest BCUT2D eigenvalue weighted by Gasteiger charge is 2.15. The number of aldehydes is 1. The van der Waals surface area contributed by atoms with Gasteiger partial charge < -0.3 is 14.3 Å². The largest absolute Gasteiger partial charge is 0.410 e. The molecule has 0 atom stereocenters. The van der Waals surface area contributed by atoms with Crippen LogP contribution in [0.25, 0.3) is 28.3 Å². The predicted octanol–water partition coefficient (Wildman–Crippen LogP) is 16.0. The lowest BCUT2D eigenvalue weighted by Gasteiger charge is -2.04. The monoisotopic (exact) mass is 1290 g/mol. The van der Waals surface area contributed by atoms with Crippen molar-refractivity contribution in [2.75, 3.05) is 0 Å². The lowest BCUT2D eigenvalue weighted by atomic mass is 10.1. The molecule has 0 aliphatic rings. The molecule has 0 fully saturated rings. The average molecular weight is 1300 g/mol. The SMILES string of the molecule is C#CCCC(=O)c1ccc(Cl)s1.O/N=C(\Cl)c1ccc(Cl)nc1.O=C(CCc1cc(-c2ccc(-n3ccccc3=O)nc2)no1)c1ccc(Cl)s1.O=C(CCc1cc(-c2ccc(Cl)nc2)no1)c1ccc(Cl)s1.O=Cc1ccc(Cl)nc1. The minimum absolute atomic E-state index is 0.00540. The molecular formula is C56H39Cl7N8O8S3. The van der Waals surface area contributed by atoms with E-state index in [4.69, 9.17) is 102 Å². The van der Waals surface area contributed by atoms with E-state index in [1.165, 1.54) is 57.0 Å². The van der Waals surface area contributed by atoms with Gasteiger partial charge >= 0.3 is 0 Å². The normalized spacial score (nSPS) is 10.5. The third-order valence-corrected chi connectivity index (χ3v) is 15.2. The van der Waals surface area contributed by atoms with Crippen LogP contribution in [-0.2, 0) is 12.8 Å². The Morgan fingerprint density at radius 1 is 0.610 bits per heavy atom. The Morgan fingerprint density at radius 3 is 1.50 bits per heavy atom. The second-order valence-corrected chi connectivity index (χ2v) is 22.8. The number of aryl methyl sites for hydroxylation is 2. The van der Waals surface area contributed by atoms with Crippen molar-refractivity contribution < 1.29 is 33.4 Å². The zero-order valence-electron chi connectivity index (χ0n) is 42.0. The molecule has 0 aromatic carbocycles. The highest BCUT2D eigenvalue weighted by molar-refractivity contribution is 7.18. The van der Waals surface area contributed by atoms with Crippen molar-refractivity contribution in [3.05, 3.63) is 222 Å². The summed E-state index contributed by atoms with van der Waals surface area (Å²) in [5.41, 5.74) is 3.79. The van der Waals surface area contributed by atoms with Gasteiger partial charge in [-0.2, -0.15) is 0 Å². The van der Waals surface area contributed by atoms with Crippen LogP contribution in [0.15, 0.2) is 165 Å². The number of carbonyl (C=O) groups is 4. The van der Waals surface area contributed by atoms with Crippen LogP contribution in [0, 0.1) is 12.3 Å². The van der Waals surface area contributed by atoms with Gasteiger partial charge in [-0.15, -0.1) is 46.4 Å². The molecule has 0 spiro atoms. The predicted molar refractivity (Wildman–Crippen MR) is 324 cm³/mol. The van der Waals surface area contributed by atoms with Crippen molar-refractivity contribution in [2.45, 2.75) is 38.5 Å². The lowest BCUT2D eigenvalue weighted by molar-refractivity contribution is 0.0976. The zero-order valence-corrected chi connectivity index (χ0v) is 49.7. The van der Waals surface area contributed by atoms with E-state index in [0.717, 1.165) is 17.4 Å². The molecule has 10 rings (SSSR count). The van der Waals surface area contributed by atoms with Crippen LogP contribution in [-0.4, -0.2) is 68.8 Å². The van der Waals surface area contributed by atoms with Crippen LogP contribution in [0.2, 0.25) is 28.5 Å². The number of aromatic nitrogens is 7. The van der Waals surface area contributed by atoms with Gasteiger partial charge in [0.05, 0.1) is 27.6 Å². The molecule has 0 bridgehead atoms. The first-order valence-electron chi connectivity index (χ1n) is 23.5. The summed E-state index contributed by atoms with van der Waals surface area (Å²) in [6.45, 7) is 0. The fraction of sp³-hybridized carbons (Fsp3) is 0.107. The molecule has 0 unspecified atom stereocenters.